The molecule has 2 aliphatic heterocycles. The van der Waals surface area contributed by atoms with Crippen LogP contribution in [0, 0.1) is 0 Å². The molecule has 0 bridgehead atoms. The molecule has 2 aliphatic rings. The Morgan fingerprint density at radius 2 is 1.96 bits per heavy atom. The molecule has 27 heavy (non-hydrogen) atoms. The lowest BCUT2D eigenvalue weighted by molar-refractivity contribution is -0.0271. The second kappa shape index (κ2) is 6.84. The zero-order valence-electron chi connectivity index (χ0n) is 15.0. The SMILES string of the molecule is CC[C@H]1CN(c2cc(-c3cnc(N)nc3)nc(N3CC(F)(F)C3)n2)CCO1. The summed E-state index contributed by atoms with van der Waals surface area (Å²) in [7, 11) is 0. The van der Waals surface area contributed by atoms with Gasteiger partial charge in [0.15, 0.2) is 0 Å². The van der Waals surface area contributed by atoms with Gasteiger partial charge in [0.2, 0.25) is 11.9 Å². The lowest BCUT2D eigenvalue weighted by atomic mass is 10.1. The number of hydrogen-bond acceptors (Lipinski definition) is 8. The van der Waals surface area contributed by atoms with E-state index >= 15 is 0 Å². The van der Waals surface area contributed by atoms with Crippen LogP contribution in [-0.2, 0) is 4.74 Å². The van der Waals surface area contributed by atoms with E-state index in [9.17, 15) is 8.78 Å². The van der Waals surface area contributed by atoms with E-state index in [0.717, 1.165) is 6.42 Å². The highest BCUT2D eigenvalue weighted by Crippen LogP contribution is 2.32. The predicted octanol–water partition coefficient (Wildman–Crippen LogP) is 1.59. The van der Waals surface area contributed by atoms with Crippen LogP contribution >= 0.6 is 0 Å². The van der Waals surface area contributed by atoms with Gasteiger partial charge in [-0.2, -0.15) is 4.98 Å². The van der Waals surface area contributed by atoms with Gasteiger partial charge in [0.25, 0.3) is 5.92 Å². The van der Waals surface area contributed by atoms with Gasteiger partial charge in [-0.3, -0.25) is 0 Å². The Labute approximate surface area is 155 Å². The molecule has 8 nitrogen and oxygen atoms in total. The summed E-state index contributed by atoms with van der Waals surface area (Å²) in [6.45, 7) is 3.28. The molecule has 2 aromatic rings. The summed E-state index contributed by atoms with van der Waals surface area (Å²) in [6.07, 6.45) is 4.15. The number of nitrogens with zero attached hydrogens (tertiary/aromatic N) is 6. The standard InChI is InChI=1S/C17H21F2N7O/c1-2-12-8-25(3-4-27-12)14-5-13(11-6-21-15(20)22-7-11)23-16(24-14)26-9-17(18,19)10-26/h5-7,12H,2-4,8-10H2,1H3,(H2,20,21,22)/t12-/m0/s1. The van der Waals surface area contributed by atoms with Crippen molar-refractivity contribution in [2.24, 2.45) is 0 Å². The maximum atomic E-state index is 13.3. The van der Waals surface area contributed by atoms with Crippen LogP contribution in [0.2, 0.25) is 0 Å². The number of nitrogens with two attached hydrogens (primary N) is 1. The van der Waals surface area contributed by atoms with Crippen molar-refractivity contribution in [1.82, 2.24) is 19.9 Å². The average molecular weight is 377 g/mol. The van der Waals surface area contributed by atoms with Gasteiger partial charge in [0.05, 0.1) is 31.5 Å². The molecule has 10 heteroatoms. The number of anilines is 3. The van der Waals surface area contributed by atoms with Crippen LogP contribution in [0.5, 0.6) is 0 Å². The van der Waals surface area contributed by atoms with Gasteiger partial charge in [-0.15, -0.1) is 0 Å². The fraction of sp³-hybridized carbons (Fsp3) is 0.529. The highest BCUT2D eigenvalue weighted by atomic mass is 19.3. The highest BCUT2D eigenvalue weighted by Gasteiger charge is 2.45. The van der Waals surface area contributed by atoms with E-state index in [4.69, 9.17) is 10.5 Å². The van der Waals surface area contributed by atoms with E-state index < -0.39 is 5.92 Å². The van der Waals surface area contributed by atoms with Crippen LogP contribution in [0.3, 0.4) is 0 Å². The Bertz CT molecular complexity index is 809. The summed E-state index contributed by atoms with van der Waals surface area (Å²) < 4.78 is 32.4. The zero-order chi connectivity index (χ0) is 19.0. The van der Waals surface area contributed by atoms with Crippen molar-refractivity contribution in [2.45, 2.75) is 25.4 Å². The number of halogens is 2. The molecule has 0 radical (unpaired) electrons. The summed E-state index contributed by atoms with van der Waals surface area (Å²) in [4.78, 5) is 20.6. The summed E-state index contributed by atoms with van der Waals surface area (Å²) in [5.74, 6) is -1.57. The molecule has 2 N–H and O–H groups in total. The van der Waals surface area contributed by atoms with Crippen molar-refractivity contribution in [3.05, 3.63) is 18.5 Å². The Hall–Kier alpha value is -2.62. The maximum Gasteiger partial charge on any atom is 0.282 e. The molecule has 0 unspecified atom stereocenters. The van der Waals surface area contributed by atoms with Gasteiger partial charge in [0, 0.05) is 37.1 Å². The average Bonchev–Trinajstić information content (AvgIpc) is 2.66. The van der Waals surface area contributed by atoms with Crippen molar-refractivity contribution in [1.29, 1.82) is 0 Å². The molecule has 0 amide bonds. The number of hydrogen-bond donors (Lipinski definition) is 1. The molecule has 0 aromatic carbocycles. The van der Waals surface area contributed by atoms with E-state index in [1.807, 2.05) is 6.07 Å². The Morgan fingerprint density at radius 3 is 2.63 bits per heavy atom. The van der Waals surface area contributed by atoms with Gasteiger partial charge in [0.1, 0.15) is 5.82 Å². The molecule has 0 aliphatic carbocycles. The monoisotopic (exact) mass is 377 g/mol. The Balaban J connectivity index is 1.69. The number of ether oxygens (including phenoxy) is 1. The fourth-order valence-electron chi connectivity index (χ4n) is 3.17. The van der Waals surface area contributed by atoms with E-state index in [-0.39, 0.29) is 31.1 Å². The van der Waals surface area contributed by atoms with Gasteiger partial charge in [-0.25, -0.2) is 23.7 Å². The first-order valence-electron chi connectivity index (χ1n) is 8.90. The van der Waals surface area contributed by atoms with Crippen molar-refractivity contribution in [2.75, 3.05) is 48.3 Å². The van der Waals surface area contributed by atoms with Crippen LogP contribution < -0.4 is 15.5 Å². The lowest BCUT2D eigenvalue weighted by Gasteiger charge is -2.39. The minimum atomic E-state index is -2.70. The van der Waals surface area contributed by atoms with Crippen molar-refractivity contribution < 1.29 is 13.5 Å². The minimum Gasteiger partial charge on any atom is -0.375 e. The molecule has 2 fully saturated rings. The molecule has 0 saturated carbocycles. The van der Waals surface area contributed by atoms with Crippen molar-refractivity contribution >= 4 is 17.7 Å². The number of morpholine rings is 1. The van der Waals surface area contributed by atoms with Gasteiger partial charge in [-0.05, 0) is 6.42 Å². The first kappa shape index (κ1) is 17.8. The van der Waals surface area contributed by atoms with E-state index in [1.54, 1.807) is 12.4 Å². The molecule has 4 heterocycles. The molecule has 4 rings (SSSR count). The summed E-state index contributed by atoms with van der Waals surface area (Å²) in [6, 6.07) is 1.83. The van der Waals surface area contributed by atoms with Crippen molar-refractivity contribution in [3.63, 3.8) is 0 Å². The molecule has 2 saturated heterocycles. The predicted molar refractivity (Wildman–Crippen MR) is 96.9 cm³/mol. The summed E-state index contributed by atoms with van der Waals surface area (Å²) >= 11 is 0. The van der Waals surface area contributed by atoms with Crippen molar-refractivity contribution in [3.8, 4) is 11.3 Å². The lowest BCUT2D eigenvalue weighted by Crippen LogP contribution is -2.57. The largest absolute Gasteiger partial charge is 0.375 e. The molecular weight excluding hydrogens is 356 g/mol. The molecule has 144 valence electrons. The minimum absolute atomic E-state index is 0.119. The van der Waals surface area contributed by atoms with Gasteiger partial charge < -0.3 is 20.3 Å². The number of alkyl halides is 2. The maximum absolute atomic E-state index is 13.3. The van der Waals surface area contributed by atoms with Crippen LogP contribution in [0.4, 0.5) is 26.5 Å². The molecule has 2 aromatic heterocycles. The third-order valence-corrected chi connectivity index (χ3v) is 4.71. The first-order chi connectivity index (χ1) is 12.9. The van der Waals surface area contributed by atoms with Gasteiger partial charge >= 0.3 is 0 Å². The Morgan fingerprint density at radius 1 is 1.22 bits per heavy atom. The van der Waals surface area contributed by atoms with Crippen LogP contribution in [-0.4, -0.2) is 64.7 Å². The smallest absolute Gasteiger partial charge is 0.282 e. The first-order valence-corrected chi connectivity index (χ1v) is 8.90. The van der Waals surface area contributed by atoms with E-state index in [1.165, 1.54) is 4.90 Å². The highest BCUT2D eigenvalue weighted by molar-refractivity contribution is 5.64. The number of nitrogen functional groups attached to an aromatic ring is 1. The Kier molecular flexibility index (Phi) is 4.50. The second-order valence-electron chi connectivity index (χ2n) is 6.80. The van der Waals surface area contributed by atoms with E-state index in [2.05, 4.69) is 31.8 Å². The molecule has 1 atom stereocenters. The van der Waals surface area contributed by atoms with Gasteiger partial charge in [-0.1, -0.05) is 6.92 Å². The quantitative estimate of drug-likeness (QED) is 0.859. The summed E-state index contributed by atoms with van der Waals surface area (Å²) in [5.41, 5.74) is 6.78. The third kappa shape index (κ3) is 3.75. The number of aromatic nitrogens is 4. The third-order valence-electron chi connectivity index (χ3n) is 4.71. The molecular formula is C17H21F2N7O. The zero-order valence-corrected chi connectivity index (χ0v) is 15.0. The second-order valence-corrected chi connectivity index (χ2v) is 6.80. The van der Waals surface area contributed by atoms with Crippen LogP contribution in [0.15, 0.2) is 18.5 Å². The normalized spacial score (nSPS) is 21.8. The summed E-state index contributed by atoms with van der Waals surface area (Å²) in [5, 5.41) is 0. The number of rotatable bonds is 4. The van der Waals surface area contributed by atoms with Crippen LogP contribution in [0.25, 0.3) is 11.3 Å². The van der Waals surface area contributed by atoms with Crippen LogP contribution in [0.1, 0.15) is 13.3 Å². The fourth-order valence-corrected chi connectivity index (χ4v) is 3.17. The van der Waals surface area contributed by atoms with E-state index in [0.29, 0.717) is 36.8 Å². The molecule has 0 spiro atoms. The topological polar surface area (TPSA) is 93.3 Å².